The van der Waals surface area contributed by atoms with E-state index in [-0.39, 0.29) is 11.1 Å². The van der Waals surface area contributed by atoms with Gasteiger partial charge in [0.25, 0.3) is 5.56 Å². The molecule has 0 aliphatic carbocycles. The van der Waals surface area contributed by atoms with Gasteiger partial charge < -0.3 is 5.11 Å². The van der Waals surface area contributed by atoms with Crippen molar-refractivity contribution in [2.45, 2.75) is 19.8 Å². The number of aryl methyl sites for hydroxylation is 1. The van der Waals surface area contributed by atoms with E-state index >= 15 is 0 Å². The van der Waals surface area contributed by atoms with Gasteiger partial charge in [-0.1, -0.05) is 19.4 Å². The molecule has 2 heterocycles. The number of carbonyl (C=O) groups is 1. The molecule has 0 amide bonds. The number of nitrogens with zero attached hydrogens (tertiary/aromatic N) is 2. The Labute approximate surface area is 120 Å². The summed E-state index contributed by atoms with van der Waals surface area (Å²) in [5.41, 5.74) is 2.02. The van der Waals surface area contributed by atoms with Crippen molar-refractivity contribution in [3.8, 4) is 0 Å². The first-order chi connectivity index (χ1) is 10.1. The Balaban J connectivity index is 2.40. The minimum atomic E-state index is -1.05. The third-order valence-electron chi connectivity index (χ3n) is 3.49. The van der Waals surface area contributed by atoms with Gasteiger partial charge in [0.1, 0.15) is 5.65 Å². The lowest BCUT2D eigenvalue weighted by molar-refractivity contribution is 0.0697. The summed E-state index contributed by atoms with van der Waals surface area (Å²) in [5.74, 6) is -1.05. The molecule has 5 nitrogen and oxygen atoms in total. The number of carboxylic acid groups (broad SMARTS) is 1. The Morgan fingerprint density at radius 3 is 2.86 bits per heavy atom. The lowest BCUT2D eigenvalue weighted by atomic mass is 10.1. The molecule has 1 aromatic carbocycles. The number of pyridine rings is 1. The molecular weight excluding hydrogens is 268 g/mol. The van der Waals surface area contributed by atoms with Crippen LogP contribution in [0.4, 0.5) is 0 Å². The van der Waals surface area contributed by atoms with Crippen molar-refractivity contribution < 1.29 is 9.90 Å². The second kappa shape index (κ2) is 5.01. The van der Waals surface area contributed by atoms with Crippen molar-refractivity contribution in [2.75, 3.05) is 0 Å². The summed E-state index contributed by atoms with van der Waals surface area (Å²) in [5, 5.41) is 9.35. The molecule has 0 atom stereocenters. The number of carboxylic acids is 1. The van der Waals surface area contributed by atoms with Crippen molar-refractivity contribution in [1.82, 2.24) is 9.38 Å². The van der Waals surface area contributed by atoms with E-state index in [9.17, 15) is 9.59 Å². The van der Waals surface area contributed by atoms with Gasteiger partial charge in [-0.05, 0) is 36.2 Å². The van der Waals surface area contributed by atoms with Crippen LogP contribution in [0.2, 0.25) is 0 Å². The first-order valence-electron chi connectivity index (χ1n) is 6.79. The molecule has 3 aromatic rings. The standard InChI is InChI=1S/C16H14N2O3/c1-2-4-10-5-3-8-18-14(10)17-13-7-6-11(16(20)21)9-12(13)15(18)19/h3,5-9H,2,4H2,1H3,(H,20,21). The Morgan fingerprint density at radius 2 is 2.14 bits per heavy atom. The fraction of sp³-hybridized carbons (Fsp3) is 0.188. The molecule has 0 aliphatic heterocycles. The number of aromatic carboxylic acids is 1. The van der Waals surface area contributed by atoms with Crippen LogP contribution >= 0.6 is 0 Å². The topological polar surface area (TPSA) is 71.7 Å². The summed E-state index contributed by atoms with van der Waals surface area (Å²) in [7, 11) is 0. The normalized spacial score (nSPS) is 11.1. The molecule has 106 valence electrons. The second-order valence-corrected chi connectivity index (χ2v) is 4.93. The number of aromatic nitrogens is 2. The van der Waals surface area contributed by atoms with Crippen LogP contribution in [0.3, 0.4) is 0 Å². The molecule has 1 N–H and O–H groups in total. The highest BCUT2D eigenvalue weighted by molar-refractivity contribution is 5.93. The lowest BCUT2D eigenvalue weighted by Crippen LogP contribution is -2.16. The van der Waals surface area contributed by atoms with Crippen LogP contribution in [0.15, 0.2) is 41.3 Å². The monoisotopic (exact) mass is 282 g/mol. The lowest BCUT2D eigenvalue weighted by Gasteiger charge is -2.08. The van der Waals surface area contributed by atoms with E-state index in [4.69, 9.17) is 5.11 Å². The van der Waals surface area contributed by atoms with Crippen molar-refractivity contribution in [1.29, 1.82) is 0 Å². The molecule has 0 radical (unpaired) electrons. The van der Waals surface area contributed by atoms with Crippen molar-refractivity contribution in [2.24, 2.45) is 0 Å². The Hall–Kier alpha value is -2.69. The smallest absolute Gasteiger partial charge is 0.335 e. The summed E-state index contributed by atoms with van der Waals surface area (Å²) in [6.07, 6.45) is 3.47. The fourth-order valence-corrected chi connectivity index (χ4v) is 2.48. The molecule has 0 bridgehead atoms. The van der Waals surface area contributed by atoms with Gasteiger partial charge in [0.2, 0.25) is 0 Å². The van der Waals surface area contributed by atoms with E-state index in [0.29, 0.717) is 16.6 Å². The number of hydrogen-bond donors (Lipinski definition) is 1. The van der Waals surface area contributed by atoms with Gasteiger partial charge in [-0.2, -0.15) is 0 Å². The summed E-state index contributed by atoms with van der Waals surface area (Å²) >= 11 is 0. The maximum Gasteiger partial charge on any atom is 0.335 e. The van der Waals surface area contributed by atoms with Crippen LogP contribution in [-0.2, 0) is 6.42 Å². The van der Waals surface area contributed by atoms with Crippen molar-refractivity contribution in [3.63, 3.8) is 0 Å². The number of fused-ring (bicyclic) bond motifs is 2. The quantitative estimate of drug-likeness (QED) is 0.749. The van der Waals surface area contributed by atoms with Crippen molar-refractivity contribution >= 4 is 22.5 Å². The van der Waals surface area contributed by atoms with E-state index in [0.717, 1.165) is 18.4 Å². The first-order valence-corrected chi connectivity index (χ1v) is 6.79. The van der Waals surface area contributed by atoms with E-state index in [1.54, 1.807) is 12.3 Å². The predicted molar refractivity (Wildman–Crippen MR) is 79.9 cm³/mol. The molecule has 0 aliphatic rings. The third-order valence-corrected chi connectivity index (χ3v) is 3.49. The Bertz CT molecular complexity index is 912. The van der Waals surface area contributed by atoms with Crippen molar-refractivity contribution in [3.05, 3.63) is 58.0 Å². The van der Waals surface area contributed by atoms with E-state index in [1.807, 2.05) is 12.1 Å². The van der Waals surface area contributed by atoms with Crippen LogP contribution in [-0.4, -0.2) is 20.5 Å². The molecule has 0 saturated heterocycles. The first kappa shape index (κ1) is 13.3. The minimum Gasteiger partial charge on any atom is -0.478 e. The highest BCUT2D eigenvalue weighted by atomic mass is 16.4. The van der Waals surface area contributed by atoms with Gasteiger partial charge in [-0.15, -0.1) is 0 Å². The fourth-order valence-electron chi connectivity index (χ4n) is 2.48. The molecule has 0 spiro atoms. The zero-order valence-corrected chi connectivity index (χ0v) is 11.5. The van der Waals surface area contributed by atoms with Crippen LogP contribution < -0.4 is 5.56 Å². The van der Waals surface area contributed by atoms with E-state index < -0.39 is 5.97 Å². The van der Waals surface area contributed by atoms with Gasteiger partial charge in [0.15, 0.2) is 0 Å². The number of hydrogen-bond acceptors (Lipinski definition) is 3. The van der Waals surface area contributed by atoms with Crippen LogP contribution in [0.25, 0.3) is 16.6 Å². The number of benzene rings is 1. The summed E-state index contributed by atoms with van der Waals surface area (Å²) in [4.78, 5) is 28.1. The predicted octanol–water partition coefficient (Wildman–Crippen LogP) is 2.50. The highest BCUT2D eigenvalue weighted by Crippen LogP contribution is 2.15. The largest absolute Gasteiger partial charge is 0.478 e. The van der Waals surface area contributed by atoms with Gasteiger partial charge in [-0.3, -0.25) is 9.20 Å². The summed E-state index contributed by atoms with van der Waals surface area (Å²) < 4.78 is 1.49. The maximum atomic E-state index is 12.5. The van der Waals surface area contributed by atoms with Crippen LogP contribution in [0, 0.1) is 0 Å². The zero-order valence-electron chi connectivity index (χ0n) is 11.5. The Kier molecular flexibility index (Phi) is 3.17. The van der Waals surface area contributed by atoms with Gasteiger partial charge in [-0.25, -0.2) is 9.78 Å². The molecule has 21 heavy (non-hydrogen) atoms. The van der Waals surface area contributed by atoms with E-state index in [1.165, 1.54) is 16.5 Å². The summed E-state index contributed by atoms with van der Waals surface area (Å²) in [6, 6.07) is 8.21. The molecular formula is C16H14N2O3. The second-order valence-electron chi connectivity index (χ2n) is 4.93. The molecule has 2 aromatic heterocycles. The Morgan fingerprint density at radius 1 is 1.33 bits per heavy atom. The average Bonchev–Trinajstić information content (AvgIpc) is 2.48. The zero-order chi connectivity index (χ0) is 15.0. The molecule has 0 unspecified atom stereocenters. The summed E-state index contributed by atoms with van der Waals surface area (Å²) in [6.45, 7) is 2.07. The van der Waals surface area contributed by atoms with Gasteiger partial charge in [0.05, 0.1) is 16.5 Å². The average molecular weight is 282 g/mol. The molecule has 5 heteroatoms. The van der Waals surface area contributed by atoms with Crippen LogP contribution in [0.5, 0.6) is 0 Å². The van der Waals surface area contributed by atoms with Gasteiger partial charge >= 0.3 is 5.97 Å². The molecule has 0 saturated carbocycles. The SMILES string of the molecule is CCCc1cccn2c(=O)c3cc(C(=O)O)ccc3nc12. The van der Waals surface area contributed by atoms with Crippen LogP contribution in [0.1, 0.15) is 29.3 Å². The number of rotatable bonds is 3. The maximum absolute atomic E-state index is 12.5. The van der Waals surface area contributed by atoms with E-state index in [2.05, 4.69) is 11.9 Å². The third kappa shape index (κ3) is 2.16. The minimum absolute atomic E-state index is 0.0889. The highest BCUT2D eigenvalue weighted by Gasteiger charge is 2.11. The van der Waals surface area contributed by atoms with Gasteiger partial charge in [0, 0.05) is 6.20 Å². The molecule has 0 fully saturated rings. The molecule has 3 rings (SSSR count).